The van der Waals surface area contributed by atoms with Crippen LogP contribution in [-0.2, 0) is 13.0 Å². The van der Waals surface area contributed by atoms with Crippen LogP contribution in [0.15, 0.2) is 11.3 Å². The molecular formula is C13H25IN6. The summed E-state index contributed by atoms with van der Waals surface area (Å²) in [5, 5.41) is 7.97. The minimum absolute atomic E-state index is 0. The van der Waals surface area contributed by atoms with E-state index in [1.54, 1.807) is 6.33 Å². The summed E-state index contributed by atoms with van der Waals surface area (Å²) in [4.78, 5) is 6.69. The maximum absolute atomic E-state index is 6.06. The molecule has 7 heteroatoms. The molecule has 2 heterocycles. The Morgan fingerprint density at radius 3 is 2.65 bits per heavy atom. The highest BCUT2D eigenvalue weighted by atomic mass is 127. The summed E-state index contributed by atoms with van der Waals surface area (Å²) in [6.45, 7) is 5.65. The molecule has 0 bridgehead atoms. The van der Waals surface area contributed by atoms with E-state index in [2.05, 4.69) is 27.0 Å². The maximum atomic E-state index is 6.06. The van der Waals surface area contributed by atoms with Gasteiger partial charge in [-0.15, -0.1) is 34.2 Å². The minimum Gasteiger partial charge on any atom is -0.370 e. The molecule has 0 saturated carbocycles. The first-order chi connectivity index (χ1) is 9.31. The molecule has 1 aliphatic heterocycles. The van der Waals surface area contributed by atoms with Crippen LogP contribution < -0.4 is 5.73 Å². The highest BCUT2D eigenvalue weighted by Gasteiger charge is 2.10. The van der Waals surface area contributed by atoms with Gasteiger partial charge in [0.1, 0.15) is 12.2 Å². The smallest absolute Gasteiger partial charge is 0.191 e. The SMILES string of the molecule is CCc1nncn1CCN=C(N)N1CCCCCC1.I. The molecule has 20 heavy (non-hydrogen) atoms. The summed E-state index contributed by atoms with van der Waals surface area (Å²) < 4.78 is 2.04. The van der Waals surface area contributed by atoms with Crippen molar-refractivity contribution in [1.82, 2.24) is 19.7 Å². The van der Waals surface area contributed by atoms with E-state index < -0.39 is 0 Å². The van der Waals surface area contributed by atoms with E-state index in [1.807, 2.05) is 4.57 Å². The van der Waals surface area contributed by atoms with Crippen molar-refractivity contribution < 1.29 is 0 Å². The fourth-order valence-corrected chi connectivity index (χ4v) is 2.41. The van der Waals surface area contributed by atoms with E-state index in [1.165, 1.54) is 25.7 Å². The number of hydrogen-bond acceptors (Lipinski definition) is 3. The number of aryl methyl sites for hydroxylation is 1. The minimum atomic E-state index is 0. The van der Waals surface area contributed by atoms with Gasteiger partial charge in [-0.2, -0.15) is 0 Å². The van der Waals surface area contributed by atoms with Crippen molar-refractivity contribution in [2.75, 3.05) is 19.6 Å². The van der Waals surface area contributed by atoms with Crippen LogP contribution in [0.25, 0.3) is 0 Å². The Balaban J connectivity index is 0.00000200. The zero-order chi connectivity index (χ0) is 13.5. The van der Waals surface area contributed by atoms with Crippen LogP contribution in [-0.4, -0.2) is 45.3 Å². The van der Waals surface area contributed by atoms with Gasteiger partial charge in [-0.05, 0) is 12.8 Å². The van der Waals surface area contributed by atoms with Crippen LogP contribution in [0.3, 0.4) is 0 Å². The van der Waals surface area contributed by atoms with Crippen molar-refractivity contribution in [2.45, 2.75) is 45.6 Å². The van der Waals surface area contributed by atoms with Gasteiger partial charge in [-0.25, -0.2) is 0 Å². The van der Waals surface area contributed by atoms with E-state index in [0.717, 1.165) is 31.9 Å². The van der Waals surface area contributed by atoms with E-state index in [0.29, 0.717) is 12.5 Å². The van der Waals surface area contributed by atoms with Crippen molar-refractivity contribution in [1.29, 1.82) is 0 Å². The van der Waals surface area contributed by atoms with Crippen LogP contribution in [0.4, 0.5) is 0 Å². The Hall–Kier alpha value is -0.860. The molecule has 0 unspecified atom stereocenters. The second-order valence-electron chi connectivity index (χ2n) is 4.94. The zero-order valence-electron chi connectivity index (χ0n) is 12.2. The fraction of sp³-hybridized carbons (Fsp3) is 0.769. The number of rotatable bonds is 4. The number of hydrogen-bond donors (Lipinski definition) is 1. The molecule has 1 saturated heterocycles. The molecule has 0 amide bonds. The summed E-state index contributed by atoms with van der Waals surface area (Å²) in [5.74, 6) is 1.69. The molecule has 2 rings (SSSR count). The van der Waals surface area contributed by atoms with E-state index in [-0.39, 0.29) is 24.0 Å². The molecule has 0 radical (unpaired) electrons. The summed E-state index contributed by atoms with van der Waals surface area (Å²) in [6, 6.07) is 0. The first-order valence-corrected chi connectivity index (χ1v) is 7.23. The normalized spacial score (nSPS) is 16.6. The van der Waals surface area contributed by atoms with Gasteiger partial charge >= 0.3 is 0 Å². The monoisotopic (exact) mass is 392 g/mol. The van der Waals surface area contributed by atoms with Crippen molar-refractivity contribution in [3.63, 3.8) is 0 Å². The molecular weight excluding hydrogens is 367 g/mol. The lowest BCUT2D eigenvalue weighted by Gasteiger charge is -2.21. The molecule has 1 fully saturated rings. The van der Waals surface area contributed by atoms with Gasteiger partial charge in [0, 0.05) is 26.1 Å². The molecule has 1 aliphatic rings. The summed E-state index contributed by atoms with van der Waals surface area (Å²) >= 11 is 0. The van der Waals surface area contributed by atoms with Gasteiger partial charge in [0.25, 0.3) is 0 Å². The number of halogens is 1. The predicted molar refractivity (Wildman–Crippen MR) is 91.3 cm³/mol. The van der Waals surface area contributed by atoms with Gasteiger partial charge in [0.15, 0.2) is 5.96 Å². The Bertz CT molecular complexity index is 409. The average Bonchev–Trinajstić information content (AvgIpc) is 2.70. The van der Waals surface area contributed by atoms with E-state index >= 15 is 0 Å². The molecule has 1 aromatic heterocycles. The number of aromatic nitrogens is 3. The highest BCUT2D eigenvalue weighted by molar-refractivity contribution is 14.0. The van der Waals surface area contributed by atoms with Crippen molar-refractivity contribution in [3.8, 4) is 0 Å². The average molecular weight is 392 g/mol. The summed E-state index contributed by atoms with van der Waals surface area (Å²) in [6.07, 6.45) is 7.72. The molecule has 6 nitrogen and oxygen atoms in total. The van der Waals surface area contributed by atoms with Gasteiger partial charge < -0.3 is 15.2 Å². The Kier molecular flexibility index (Phi) is 7.86. The van der Waals surface area contributed by atoms with Gasteiger partial charge in [0.05, 0.1) is 6.54 Å². The third-order valence-corrected chi connectivity index (χ3v) is 3.56. The quantitative estimate of drug-likeness (QED) is 0.481. The first kappa shape index (κ1) is 17.2. The molecule has 0 aliphatic carbocycles. The van der Waals surface area contributed by atoms with Gasteiger partial charge in [0.2, 0.25) is 0 Å². The summed E-state index contributed by atoms with van der Waals surface area (Å²) in [7, 11) is 0. The van der Waals surface area contributed by atoms with Crippen LogP contribution in [0.2, 0.25) is 0 Å². The van der Waals surface area contributed by atoms with Gasteiger partial charge in [-0.1, -0.05) is 19.8 Å². The van der Waals surface area contributed by atoms with E-state index in [9.17, 15) is 0 Å². The standard InChI is InChI=1S/C13H24N6.HI/c1-2-12-17-16-11-19(12)10-7-15-13(14)18-8-5-3-4-6-9-18;/h11H,2-10H2,1H3,(H2,14,15);1H. The number of guanidine groups is 1. The number of nitrogens with two attached hydrogens (primary N) is 1. The molecule has 0 atom stereocenters. The third-order valence-electron chi connectivity index (χ3n) is 3.56. The Morgan fingerprint density at radius 2 is 2.00 bits per heavy atom. The lowest BCUT2D eigenvalue weighted by atomic mass is 10.2. The van der Waals surface area contributed by atoms with Crippen LogP contribution in [0.1, 0.15) is 38.4 Å². The number of aliphatic imine (C=N–C) groups is 1. The topological polar surface area (TPSA) is 72.3 Å². The first-order valence-electron chi connectivity index (χ1n) is 7.23. The van der Waals surface area contributed by atoms with E-state index in [4.69, 9.17) is 5.73 Å². The lowest BCUT2D eigenvalue weighted by Crippen LogP contribution is -2.38. The Morgan fingerprint density at radius 1 is 1.30 bits per heavy atom. The Labute approximate surface area is 137 Å². The van der Waals surface area contributed by atoms with Crippen LogP contribution in [0, 0.1) is 0 Å². The van der Waals surface area contributed by atoms with Crippen molar-refractivity contribution in [2.24, 2.45) is 10.7 Å². The van der Waals surface area contributed by atoms with Gasteiger partial charge in [-0.3, -0.25) is 4.99 Å². The number of likely N-dealkylation sites (tertiary alicyclic amines) is 1. The lowest BCUT2D eigenvalue weighted by molar-refractivity contribution is 0.428. The third kappa shape index (κ3) is 4.92. The number of nitrogens with zero attached hydrogens (tertiary/aromatic N) is 5. The highest BCUT2D eigenvalue weighted by Crippen LogP contribution is 2.09. The largest absolute Gasteiger partial charge is 0.370 e. The molecule has 114 valence electrons. The molecule has 2 N–H and O–H groups in total. The molecule has 0 aromatic carbocycles. The van der Waals surface area contributed by atoms with Crippen molar-refractivity contribution >= 4 is 29.9 Å². The molecule has 1 aromatic rings. The molecule has 0 spiro atoms. The predicted octanol–water partition coefficient (Wildman–Crippen LogP) is 1.65. The van der Waals surface area contributed by atoms with Crippen LogP contribution >= 0.6 is 24.0 Å². The second-order valence-corrected chi connectivity index (χ2v) is 4.94. The van der Waals surface area contributed by atoms with Crippen molar-refractivity contribution in [3.05, 3.63) is 12.2 Å². The zero-order valence-corrected chi connectivity index (χ0v) is 14.5. The van der Waals surface area contributed by atoms with Crippen LogP contribution in [0.5, 0.6) is 0 Å². The second kappa shape index (κ2) is 9.15. The fourth-order valence-electron chi connectivity index (χ4n) is 2.41. The maximum Gasteiger partial charge on any atom is 0.191 e. The summed E-state index contributed by atoms with van der Waals surface area (Å²) in [5.41, 5.74) is 6.06.